The number of hydrogen-bond acceptors (Lipinski definition) is 3. The van der Waals surface area contributed by atoms with E-state index < -0.39 is 0 Å². The van der Waals surface area contributed by atoms with Gasteiger partial charge >= 0.3 is 5.69 Å². The summed E-state index contributed by atoms with van der Waals surface area (Å²) in [4.78, 5) is 25.2. The van der Waals surface area contributed by atoms with Crippen molar-refractivity contribution < 1.29 is 4.79 Å². The summed E-state index contributed by atoms with van der Waals surface area (Å²) in [6, 6.07) is 17.0. The van der Waals surface area contributed by atoms with Crippen LogP contribution in [0.5, 0.6) is 0 Å². The van der Waals surface area contributed by atoms with Gasteiger partial charge in [0, 0.05) is 11.6 Å². The van der Waals surface area contributed by atoms with Gasteiger partial charge < -0.3 is 5.32 Å². The van der Waals surface area contributed by atoms with E-state index >= 15 is 0 Å². The smallest absolute Gasteiger partial charge is 0.324 e. The number of aromatic nitrogens is 3. The van der Waals surface area contributed by atoms with Crippen molar-refractivity contribution in [2.45, 2.75) is 32.2 Å². The normalized spacial score (nSPS) is 13.6. The molecule has 4 rings (SSSR count). The summed E-state index contributed by atoms with van der Waals surface area (Å²) in [5.74, 6) is 0.768. The number of benzene rings is 2. The van der Waals surface area contributed by atoms with Gasteiger partial charge in [-0.1, -0.05) is 35.9 Å². The number of rotatable bonds is 5. The molecular formula is C20H20N4O2. The van der Waals surface area contributed by atoms with E-state index in [2.05, 4.69) is 10.4 Å². The Morgan fingerprint density at radius 1 is 1.12 bits per heavy atom. The van der Waals surface area contributed by atoms with E-state index in [1.165, 1.54) is 4.68 Å². The van der Waals surface area contributed by atoms with Gasteiger partial charge in [-0.25, -0.2) is 14.0 Å². The second-order valence-electron chi connectivity index (χ2n) is 6.66. The Balaban J connectivity index is 1.60. The molecule has 0 spiro atoms. The highest BCUT2D eigenvalue weighted by atomic mass is 16.2. The van der Waals surface area contributed by atoms with Crippen molar-refractivity contribution >= 4 is 11.6 Å². The predicted octanol–water partition coefficient (Wildman–Crippen LogP) is 2.86. The standard InChI is InChI=1S/C20H20N4O2/c1-14-7-11-16(12-8-14)21-18(25)13-23-20(26)24(17-5-3-2-4-6-17)19(22-23)15-9-10-15/h2-8,11-12,15H,9-10,13H2,1H3,(H,21,25). The molecule has 0 unspecified atom stereocenters. The van der Waals surface area contributed by atoms with Crippen LogP contribution in [0.15, 0.2) is 59.4 Å². The van der Waals surface area contributed by atoms with Crippen molar-refractivity contribution in [3.63, 3.8) is 0 Å². The van der Waals surface area contributed by atoms with Crippen LogP contribution in [0.2, 0.25) is 0 Å². The molecule has 0 atom stereocenters. The molecule has 1 amide bonds. The molecule has 6 heteroatoms. The summed E-state index contributed by atoms with van der Waals surface area (Å²) < 4.78 is 2.88. The SMILES string of the molecule is Cc1ccc(NC(=O)Cn2nc(C3CC3)n(-c3ccccc3)c2=O)cc1. The molecular weight excluding hydrogens is 328 g/mol. The maximum atomic E-state index is 12.8. The van der Waals surface area contributed by atoms with Crippen LogP contribution in [0.4, 0.5) is 5.69 Å². The molecule has 1 aromatic heterocycles. The van der Waals surface area contributed by atoms with E-state index in [-0.39, 0.29) is 18.1 Å². The highest BCUT2D eigenvalue weighted by Crippen LogP contribution is 2.39. The van der Waals surface area contributed by atoms with Crippen LogP contribution >= 0.6 is 0 Å². The van der Waals surface area contributed by atoms with E-state index in [1.54, 1.807) is 4.57 Å². The summed E-state index contributed by atoms with van der Waals surface area (Å²) >= 11 is 0. The Kier molecular flexibility index (Phi) is 4.16. The minimum absolute atomic E-state index is 0.105. The number of amides is 1. The first-order chi connectivity index (χ1) is 12.6. The molecule has 1 aliphatic rings. The first-order valence-corrected chi connectivity index (χ1v) is 8.73. The Labute approximate surface area is 151 Å². The molecule has 1 N–H and O–H groups in total. The highest BCUT2D eigenvalue weighted by molar-refractivity contribution is 5.90. The Morgan fingerprint density at radius 2 is 1.81 bits per heavy atom. The van der Waals surface area contributed by atoms with Crippen LogP contribution in [-0.2, 0) is 11.3 Å². The summed E-state index contributed by atoms with van der Waals surface area (Å²) in [5.41, 5.74) is 2.33. The molecule has 0 radical (unpaired) electrons. The molecule has 0 saturated heterocycles. The van der Waals surface area contributed by atoms with Gasteiger partial charge in [-0.05, 0) is 44.0 Å². The average Bonchev–Trinajstić information content (AvgIpc) is 3.43. The van der Waals surface area contributed by atoms with Crippen molar-refractivity contribution in [2.24, 2.45) is 0 Å². The topological polar surface area (TPSA) is 68.9 Å². The number of carbonyl (C=O) groups excluding carboxylic acids is 1. The highest BCUT2D eigenvalue weighted by Gasteiger charge is 2.31. The third-order valence-electron chi connectivity index (χ3n) is 4.45. The second-order valence-corrected chi connectivity index (χ2v) is 6.66. The first-order valence-electron chi connectivity index (χ1n) is 8.73. The van der Waals surface area contributed by atoms with Crippen molar-refractivity contribution in [1.29, 1.82) is 0 Å². The van der Waals surface area contributed by atoms with Gasteiger partial charge in [0.1, 0.15) is 12.4 Å². The molecule has 0 bridgehead atoms. The summed E-state index contributed by atoms with van der Waals surface area (Å²) in [7, 11) is 0. The lowest BCUT2D eigenvalue weighted by atomic mass is 10.2. The van der Waals surface area contributed by atoms with Crippen LogP contribution in [0, 0.1) is 6.92 Å². The Hall–Kier alpha value is -3.15. The van der Waals surface area contributed by atoms with Crippen molar-refractivity contribution in [3.8, 4) is 5.69 Å². The fourth-order valence-corrected chi connectivity index (χ4v) is 2.93. The monoisotopic (exact) mass is 348 g/mol. The van der Waals surface area contributed by atoms with Crippen molar-refractivity contribution in [3.05, 3.63) is 76.5 Å². The van der Waals surface area contributed by atoms with Gasteiger partial charge in [-0.15, -0.1) is 0 Å². The lowest BCUT2D eigenvalue weighted by Crippen LogP contribution is -2.29. The van der Waals surface area contributed by atoms with Crippen LogP contribution in [0.1, 0.15) is 30.1 Å². The largest absolute Gasteiger partial charge is 0.351 e. The van der Waals surface area contributed by atoms with Crippen molar-refractivity contribution in [2.75, 3.05) is 5.32 Å². The third-order valence-corrected chi connectivity index (χ3v) is 4.45. The molecule has 1 heterocycles. The molecule has 1 fully saturated rings. The zero-order valence-corrected chi connectivity index (χ0v) is 14.6. The molecule has 1 aliphatic carbocycles. The Bertz CT molecular complexity index is 983. The zero-order valence-electron chi connectivity index (χ0n) is 14.6. The lowest BCUT2D eigenvalue weighted by Gasteiger charge is -2.05. The third kappa shape index (κ3) is 3.31. The fourth-order valence-electron chi connectivity index (χ4n) is 2.93. The minimum atomic E-state index is -0.280. The van der Waals surface area contributed by atoms with E-state index in [0.717, 1.165) is 29.9 Å². The number of aryl methyl sites for hydroxylation is 1. The number of nitrogens with one attached hydrogen (secondary N) is 1. The molecule has 132 valence electrons. The van der Waals surface area contributed by atoms with Crippen LogP contribution in [-0.4, -0.2) is 20.3 Å². The van der Waals surface area contributed by atoms with Crippen LogP contribution in [0.25, 0.3) is 5.69 Å². The van der Waals surface area contributed by atoms with Gasteiger partial charge in [-0.3, -0.25) is 4.79 Å². The zero-order chi connectivity index (χ0) is 18.1. The number of hydrogen-bond donors (Lipinski definition) is 1. The van der Waals surface area contributed by atoms with Crippen LogP contribution in [0.3, 0.4) is 0 Å². The summed E-state index contributed by atoms with van der Waals surface area (Å²) in [6.45, 7) is 1.88. The molecule has 2 aromatic carbocycles. The molecule has 3 aromatic rings. The quantitative estimate of drug-likeness (QED) is 0.771. The number of carbonyl (C=O) groups is 1. The maximum absolute atomic E-state index is 12.8. The van der Waals surface area contributed by atoms with E-state index in [0.29, 0.717) is 11.6 Å². The second kappa shape index (κ2) is 6.63. The van der Waals surface area contributed by atoms with E-state index in [1.807, 2.05) is 61.5 Å². The van der Waals surface area contributed by atoms with Crippen molar-refractivity contribution in [1.82, 2.24) is 14.3 Å². The lowest BCUT2D eigenvalue weighted by molar-refractivity contribution is -0.117. The Morgan fingerprint density at radius 3 is 2.46 bits per heavy atom. The number of anilines is 1. The molecule has 6 nitrogen and oxygen atoms in total. The molecule has 0 aliphatic heterocycles. The van der Waals surface area contributed by atoms with Crippen LogP contribution < -0.4 is 11.0 Å². The number of nitrogens with zero attached hydrogens (tertiary/aromatic N) is 3. The average molecular weight is 348 g/mol. The number of para-hydroxylation sites is 1. The maximum Gasteiger partial charge on any atom is 0.351 e. The van der Waals surface area contributed by atoms with Gasteiger partial charge in [0.2, 0.25) is 5.91 Å². The predicted molar refractivity (Wildman–Crippen MR) is 99.6 cm³/mol. The van der Waals surface area contributed by atoms with Gasteiger partial charge in [-0.2, -0.15) is 5.10 Å². The first kappa shape index (κ1) is 16.3. The van der Waals surface area contributed by atoms with Gasteiger partial charge in [0.25, 0.3) is 0 Å². The molecule has 26 heavy (non-hydrogen) atoms. The minimum Gasteiger partial charge on any atom is -0.324 e. The summed E-state index contributed by atoms with van der Waals surface area (Å²) in [6.07, 6.45) is 2.05. The van der Waals surface area contributed by atoms with E-state index in [4.69, 9.17) is 0 Å². The summed E-state index contributed by atoms with van der Waals surface area (Å²) in [5, 5.41) is 7.26. The van der Waals surface area contributed by atoms with Gasteiger partial charge in [0.05, 0.1) is 5.69 Å². The fraction of sp³-hybridized carbons (Fsp3) is 0.250. The molecule has 1 saturated carbocycles. The van der Waals surface area contributed by atoms with Gasteiger partial charge in [0.15, 0.2) is 0 Å². The van der Waals surface area contributed by atoms with E-state index in [9.17, 15) is 9.59 Å².